The van der Waals surface area contributed by atoms with Crippen molar-refractivity contribution in [2.24, 2.45) is 5.92 Å². The van der Waals surface area contributed by atoms with Gasteiger partial charge < -0.3 is 4.74 Å². The zero-order chi connectivity index (χ0) is 22.8. The summed E-state index contributed by atoms with van der Waals surface area (Å²) in [5.74, 6) is 0.0957. The molecular formula is C21H22N4O5S. The molecule has 0 aliphatic rings. The van der Waals surface area contributed by atoms with Crippen LogP contribution in [-0.2, 0) is 4.79 Å². The minimum absolute atomic E-state index is 0.0413. The van der Waals surface area contributed by atoms with Crippen molar-refractivity contribution in [1.29, 1.82) is 0 Å². The fourth-order valence-corrected chi connectivity index (χ4v) is 2.37. The van der Waals surface area contributed by atoms with Gasteiger partial charge in [-0.25, -0.2) is 0 Å². The van der Waals surface area contributed by atoms with Crippen molar-refractivity contribution in [1.82, 2.24) is 16.2 Å². The Kier molecular flexibility index (Phi) is 8.64. The maximum absolute atomic E-state index is 12.1. The minimum Gasteiger partial charge on any atom is -0.493 e. The SMILES string of the molecule is CC(C)COc1ccc(C(=O)NNC(=S)NC(=O)/C=C/c2ccc([N+](=O)[O-])cc2)cc1. The van der Waals surface area contributed by atoms with E-state index >= 15 is 0 Å². The first-order chi connectivity index (χ1) is 14.7. The van der Waals surface area contributed by atoms with Crippen LogP contribution in [-0.4, -0.2) is 28.5 Å². The second kappa shape index (κ2) is 11.4. The molecular weight excluding hydrogens is 420 g/mol. The Balaban J connectivity index is 1.78. The minimum atomic E-state index is -0.531. The molecule has 0 fully saturated rings. The van der Waals surface area contributed by atoms with Crippen molar-refractivity contribution in [3.8, 4) is 5.75 Å². The van der Waals surface area contributed by atoms with Gasteiger partial charge in [-0.2, -0.15) is 0 Å². The Morgan fingerprint density at radius 3 is 2.32 bits per heavy atom. The molecule has 31 heavy (non-hydrogen) atoms. The van der Waals surface area contributed by atoms with Gasteiger partial charge in [0.25, 0.3) is 11.6 Å². The fourth-order valence-electron chi connectivity index (χ4n) is 2.22. The largest absolute Gasteiger partial charge is 0.493 e. The Morgan fingerprint density at radius 2 is 1.74 bits per heavy atom. The van der Waals surface area contributed by atoms with Crippen LogP contribution in [0.3, 0.4) is 0 Å². The summed E-state index contributed by atoms with van der Waals surface area (Å²) in [5, 5.41) is 12.9. The van der Waals surface area contributed by atoms with E-state index in [0.29, 0.717) is 29.4 Å². The van der Waals surface area contributed by atoms with Crippen LogP contribution >= 0.6 is 12.2 Å². The molecule has 0 saturated heterocycles. The number of non-ortho nitro benzene ring substituents is 1. The molecule has 9 nitrogen and oxygen atoms in total. The number of ether oxygens (including phenoxy) is 1. The van der Waals surface area contributed by atoms with Gasteiger partial charge in [0, 0.05) is 23.8 Å². The first-order valence-corrected chi connectivity index (χ1v) is 9.72. The third-order valence-corrected chi connectivity index (χ3v) is 3.96. The number of amides is 2. The molecule has 0 saturated carbocycles. The summed E-state index contributed by atoms with van der Waals surface area (Å²) in [6, 6.07) is 12.3. The number of benzene rings is 2. The van der Waals surface area contributed by atoms with Crippen LogP contribution in [0.15, 0.2) is 54.6 Å². The van der Waals surface area contributed by atoms with E-state index in [4.69, 9.17) is 17.0 Å². The Labute approximate surface area is 184 Å². The van der Waals surface area contributed by atoms with Crippen LogP contribution in [0.2, 0.25) is 0 Å². The quantitative estimate of drug-likeness (QED) is 0.261. The molecule has 0 heterocycles. The topological polar surface area (TPSA) is 123 Å². The van der Waals surface area contributed by atoms with Gasteiger partial charge in [-0.05, 0) is 66.2 Å². The molecule has 0 unspecified atom stereocenters. The van der Waals surface area contributed by atoms with Crippen LogP contribution < -0.4 is 20.9 Å². The summed E-state index contributed by atoms with van der Waals surface area (Å²) in [6.07, 6.45) is 2.69. The van der Waals surface area contributed by atoms with Gasteiger partial charge in [0.05, 0.1) is 11.5 Å². The number of hydrogen-bond donors (Lipinski definition) is 3. The summed E-state index contributed by atoms with van der Waals surface area (Å²) in [6.45, 7) is 4.67. The summed E-state index contributed by atoms with van der Waals surface area (Å²) in [5.41, 5.74) is 5.79. The molecule has 0 spiro atoms. The average molecular weight is 442 g/mol. The van der Waals surface area contributed by atoms with Crippen LogP contribution in [0.1, 0.15) is 29.8 Å². The maximum Gasteiger partial charge on any atom is 0.269 e. The highest BCUT2D eigenvalue weighted by Gasteiger charge is 2.08. The molecule has 0 aliphatic heterocycles. The smallest absolute Gasteiger partial charge is 0.269 e. The van der Waals surface area contributed by atoms with E-state index in [2.05, 4.69) is 16.2 Å². The van der Waals surface area contributed by atoms with Gasteiger partial charge >= 0.3 is 0 Å². The van der Waals surface area contributed by atoms with Gasteiger partial charge in [0.2, 0.25) is 5.91 Å². The highest BCUT2D eigenvalue weighted by atomic mass is 32.1. The molecule has 2 aromatic rings. The van der Waals surface area contributed by atoms with Crippen LogP contribution in [0.4, 0.5) is 5.69 Å². The molecule has 0 aromatic heterocycles. The number of rotatable bonds is 7. The highest BCUT2D eigenvalue weighted by molar-refractivity contribution is 7.80. The maximum atomic E-state index is 12.1. The predicted molar refractivity (Wildman–Crippen MR) is 120 cm³/mol. The van der Waals surface area contributed by atoms with Gasteiger partial charge in [0.15, 0.2) is 5.11 Å². The van der Waals surface area contributed by atoms with Crippen LogP contribution in [0.5, 0.6) is 5.75 Å². The first kappa shape index (κ1) is 23.5. The van der Waals surface area contributed by atoms with E-state index in [9.17, 15) is 19.7 Å². The van der Waals surface area contributed by atoms with Crippen molar-refractivity contribution >= 4 is 40.9 Å². The second-order valence-electron chi connectivity index (χ2n) is 6.81. The number of carbonyl (C=O) groups is 2. The van der Waals surface area contributed by atoms with E-state index in [0.717, 1.165) is 0 Å². The normalized spacial score (nSPS) is 10.5. The number of nitrogens with zero attached hydrogens (tertiary/aromatic N) is 1. The number of nitrogens with one attached hydrogen (secondary N) is 3. The van der Waals surface area contributed by atoms with Crippen LogP contribution in [0.25, 0.3) is 6.08 Å². The van der Waals surface area contributed by atoms with Crippen molar-refractivity contribution in [2.45, 2.75) is 13.8 Å². The number of nitro groups is 1. The molecule has 2 rings (SSSR count). The number of hydrazine groups is 1. The number of carbonyl (C=O) groups excluding carboxylic acids is 2. The van der Waals surface area contributed by atoms with E-state index in [1.54, 1.807) is 24.3 Å². The standard InChI is InChI=1S/C21H22N4O5S/c1-14(2)13-30-18-10-6-16(7-11-18)20(27)23-24-21(31)22-19(26)12-5-15-3-8-17(9-4-15)25(28)29/h3-12,14H,13H2,1-2H3,(H,23,27)(H2,22,24,26,31)/b12-5+. The lowest BCUT2D eigenvalue weighted by Crippen LogP contribution is -2.48. The van der Waals surface area contributed by atoms with E-state index < -0.39 is 16.7 Å². The molecule has 0 aliphatic carbocycles. The van der Waals surface area contributed by atoms with Crippen molar-refractivity contribution in [3.63, 3.8) is 0 Å². The third kappa shape index (κ3) is 8.23. The zero-order valence-corrected chi connectivity index (χ0v) is 17.8. The predicted octanol–water partition coefficient (Wildman–Crippen LogP) is 2.98. The average Bonchev–Trinajstić information content (AvgIpc) is 2.75. The monoisotopic (exact) mass is 442 g/mol. The van der Waals surface area contributed by atoms with Gasteiger partial charge in [-0.15, -0.1) is 0 Å². The van der Waals surface area contributed by atoms with E-state index in [-0.39, 0.29) is 10.8 Å². The fraction of sp³-hybridized carbons (Fsp3) is 0.190. The summed E-state index contributed by atoms with van der Waals surface area (Å²) < 4.78 is 5.56. The van der Waals surface area contributed by atoms with E-state index in [1.165, 1.54) is 36.4 Å². The number of hydrogen-bond acceptors (Lipinski definition) is 6. The summed E-state index contributed by atoms with van der Waals surface area (Å²) in [7, 11) is 0. The molecule has 162 valence electrons. The Morgan fingerprint density at radius 1 is 1.10 bits per heavy atom. The van der Waals surface area contributed by atoms with Crippen molar-refractivity contribution < 1.29 is 19.2 Å². The molecule has 2 amide bonds. The molecule has 2 aromatic carbocycles. The Bertz CT molecular complexity index is 972. The first-order valence-electron chi connectivity index (χ1n) is 9.31. The lowest BCUT2D eigenvalue weighted by atomic mass is 10.2. The summed E-state index contributed by atoms with van der Waals surface area (Å²) >= 11 is 4.97. The lowest BCUT2D eigenvalue weighted by molar-refractivity contribution is -0.384. The van der Waals surface area contributed by atoms with Crippen molar-refractivity contribution in [2.75, 3.05) is 6.61 Å². The zero-order valence-electron chi connectivity index (χ0n) is 17.0. The van der Waals surface area contributed by atoms with Crippen molar-refractivity contribution in [3.05, 3.63) is 75.8 Å². The van der Waals surface area contributed by atoms with Gasteiger partial charge in [0.1, 0.15) is 5.75 Å². The number of nitro benzene ring substituents is 1. The van der Waals surface area contributed by atoms with Gasteiger partial charge in [-0.3, -0.25) is 35.9 Å². The number of thiocarbonyl (C=S) groups is 1. The van der Waals surface area contributed by atoms with E-state index in [1.807, 2.05) is 13.8 Å². The Hall–Kier alpha value is -3.79. The third-order valence-electron chi connectivity index (χ3n) is 3.76. The lowest BCUT2D eigenvalue weighted by Gasteiger charge is -2.11. The molecule has 0 atom stereocenters. The highest BCUT2D eigenvalue weighted by Crippen LogP contribution is 2.14. The molecule has 10 heteroatoms. The van der Waals surface area contributed by atoms with Crippen LogP contribution in [0, 0.1) is 16.0 Å². The van der Waals surface area contributed by atoms with Gasteiger partial charge in [-0.1, -0.05) is 13.8 Å². The molecule has 3 N–H and O–H groups in total. The molecule has 0 radical (unpaired) electrons. The second-order valence-corrected chi connectivity index (χ2v) is 7.22. The molecule has 0 bridgehead atoms. The summed E-state index contributed by atoms with van der Waals surface area (Å²) in [4.78, 5) is 34.2.